The molecule has 28 heavy (non-hydrogen) atoms. The maximum Gasteiger partial charge on any atom is 0.335 e. The number of amides is 1. The summed E-state index contributed by atoms with van der Waals surface area (Å²) >= 11 is 0. The monoisotopic (exact) mass is 382 g/mol. The Morgan fingerprint density at radius 3 is 2.25 bits per heavy atom. The predicted octanol–water partition coefficient (Wildman–Crippen LogP) is 3.62. The Balaban J connectivity index is 2.15. The molecular formula is C22H26N2O4. The molecule has 0 radical (unpaired) electrons. The number of hydrogen-bond donors (Lipinski definition) is 1. The van der Waals surface area contributed by atoms with Crippen molar-refractivity contribution >= 4 is 12.8 Å². The zero-order valence-corrected chi connectivity index (χ0v) is 16.2. The summed E-state index contributed by atoms with van der Waals surface area (Å²) in [5, 5.41) is 2.95. The fraction of sp³-hybridized carbons (Fsp3) is 0.364. The first kappa shape index (κ1) is 20.0. The molecule has 6 nitrogen and oxygen atoms in total. The summed E-state index contributed by atoms with van der Waals surface area (Å²) < 4.78 is 17.9. The van der Waals surface area contributed by atoms with Gasteiger partial charge in [-0.05, 0) is 25.0 Å². The highest BCUT2D eigenvalue weighted by atomic mass is 16.9. The minimum absolute atomic E-state index is 0.328. The second-order valence-electron chi connectivity index (χ2n) is 6.40. The zero-order chi connectivity index (χ0) is 19.8. The van der Waals surface area contributed by atoms with E-state index in [1.54, 1.807) is 0 Å². The smallest absolute Gasteiger partial charge is 0.335 e. The lowest BCUT2D eigenvalue weighted by Gasteiger charge is -2.46. The highest BCUT2D eigenvalue weighted by Gasteiger charge is 2.54. The van der Waals surface area contributed by atoms with Crippen molar-refractivity contribution in [3.63, 3.8) is 0 Å². The average molecular weight is 382 g/mol. The third kappa shape index (κ3) is 4.08. The Kier molecular flexibility index (Phi) is 6.79. The largest absolute Gasteiger partial charge is 0.428 e. The second kappa shape index (κ2) is 9.48. The number of rotatable bonds is 9. The van der Waals surface area contributed by atoms with Crippen LogP contribution < -0.4 is 5.32 Å². The molecule has 6 heteroatoms. The van der Waals surface area contributed by atoms with Crippen LogP contribution in [0.4, 0.5) is 0 Å². The number of carbonyl (C=O) groups is 1. The highest BCUT2D eigenvalue weighted by molar-refractivity contribution is 5.52. The summed E-state index contributed by atoms with van der Waals surface area (Å²) in [6.07, 6.45) is 2.09. The van der Waals surface area contributed by atoms with E-state index in [0.717, 1.165) is 11.1 Å². The standard InChI is InChI=1S/C22H26N2O4/c1-3-26-22(27-4-2)19(20(23-15-25)17-11-7-5-8-12-17)21(24-16-28-22)18-13-9-6-10-14-18/h5-16,19-21H,3-4H2,1-2H3,(H,23,25)/t19-,20+,21-/m1/s1. The molecule has 0 unspecified atom stereocenters. The highest BCUT2D eigenvalue weighted by Crippen LogP contribution is 2.47. The molecule has 1 heterocycles. The lowest BCUT2D eigenvalue weighted by molar-refractivity contribution is -0.383. The Bertz CT molecular complexity index is 761. The van der Waals surface area contributed by atoms with Crippen LogP contribution in [0.1, 0.15) is 37.1 Å². The van der Waals surface area contributed by atoms with E-state index in [4.69, 9.17) is 14.2 Å². The Morgan fingerprint density at radius 1 is 1.07 bits per heavy atom. The fourth-order valence-electron chi connectivity index (χ4n) is 3.71. The van der Waals surface area contributed by atoms with E-state index in [-0.39, 0.29) is 6.04 Å². The summed E-state index contributed by atoms with van der Waals surface area (Å²) in [5.74, 6) is -1.82. The van der Waals surface area contributed by atoms with Gasteiger partial charge >= 0.3 is 5.97 Å². The molecule has 3 rings (SSSR count). The molecule has 0 spiro atoms. The number of nitrogens with one attached hydrogen (secondary N) is 1. The van der Waals surface area contributed by atoms with Gasteiger partial charge in [0.25, 0.3) is 0 Å². The van der Waals surface area contributed by atoms with Gasteiger partial charge in [-0.2, -0.15) is 0 Å². The minimum atomic E-state index is -1.37. The topological polar surface area (TPSA) is 69.2 Å². The van der Waals surface area contributed by atoms with Crippen LogP contribution in [0.25, 0.3) is 0 Å². The van der Waals surface area contributed by atoms with Crippen LogP contribution in [0, 0.1) is 5.92 Å². The quantitative estimate of drug-likeness (QED) is 0.531. The van der Waals surface area contributed by atoms with E-state index in [1.165, 1.54) is 6.40 Å². The lowest BCUT2D eigenvalue weighted by Crippen LogP contribution is -2.54. The number of hydrogen-bond acceptors (Lipinski definition) is 5. The van der Waals surface area contributed by atoms with Gasteiger partial charge in [0, 0.05) is 0 Å². The van der Waals surface area contributed by atoms with Gasteiger partial charge in [-0.25, -0.2) is 4.99 Å². The first-order valence-corrected chi connectivity index (χ1v) is 9.52. The number of carbonyl (C=O) groups excluding carboxylic acids is 1. The molecule has 0 bridgehead atoms. The Hall–Kier alpha value is -2.70. The van der Waals surface area contributed by atoms with Crippen LogP contribution in [-0.2, 0) is 19.0 Å². The molecule has 1 N–H and O–H groups in total. The van der Waals surface area contributed by atoms with Crippen LogP contribution >= 0.6 is 0 Å². The molecule has 0 aliphatic carbocycles. The Morgan fingerprint density at radius 2 is 1.68 bits per heavy atom. The molecule has 2 aromatic rings. The van der Waals surface area contributed by atoms with Gasteiger partial charge in [0.2, 0.25) is 6.41 Å². The van der Waals surface area contributed by atoms with Crippen molar-refractivity contribution in [3.05, 3.63) is 71.8 Å². The van der Waals surface area contributed by atoms with E-state index in [2.05, 4.69) is 10.3 Å². The molecule has 3 atom stereocenters. The van der Waals surface area contributed by atoms with Crippen molar-refractivity contribution in [2.45, 2.75) is 31.9 Å². The molecule has 0 saturated heterocycles. The minimum Gasteiger partial charge on any atom is -0.428 e. The number of aliphatic imine (C=N–C) groups is 1. The van der Waals surface area contributed by atoms with Crippen molar-refractivity contribution in [2.24, 2.45) is 10.9 Å². The molecular weight excluding hydrogens is 356 g/mol. The van der Waals surface area contributed by atoms with E-state index in [9.17, 15) is 4.79 Å². The van der Waals surface area contributed by atoms with Crippen molar-refractivity contribution in [1.29, 1.82) is 0 Å². The molecule has 0 fully saturated rings. The van der Waals surface area contributed by atoms with Crippen LogP contribution in [0.5, 0.6) is 0 Å². The number of nitrogens with zero attached hydrogens (tertiary/aromatic N) is 1. The summed E-state index contributed by atoms with van der Waals surface area (Å²) in [4.78, 5) is 16.1. The van der Waals surface area contributed by atoms with Gasteiger partial charge in [-0.15, -0.1) is 0 Å². The van der Waals surface area contributed by atoms with Gasteiger partial charge < -0.3 is 19.5 Å². The predicted molar refractivity (Wildman–Crippen MR) is 107 cm³/mol. The Labute approximate surface area is 165 Å². The van der Waals surface area contributed by atoms with Crippen molar-refractivity contribution in [3.8, 4) is 0 Å². The van der Waals surface area contributed by atoms with E-state index in [1.807, 2.05) is 74.5 Å². The third-order valence-corrected chi connectivity index (χ3v) is 4.78. The molecule has 1 aliphatic heterocycles. The van der Waals surface area contributed by atoms with Crippen molar-refractivity contribution < 1.29 is 19.0 Å². The maximum absolute atomic E-state index is 11.5. The lowest BCUT2D eigenvalue weighted by atomic mass is 9.81. The first-order chi connectivity index (χ1) is 13.8. The second-order valence-corrected chi connectivity index (χ2v) is 6.40. The molecule has 2 aromatic carbocycles. The molecule has 0 aromatic heterocycles. The molecule has 148 valence electrons. The summed E-state index contributed by atoms with van der Waals surface area (Å²) in [6, 6.07) is 18.9. The van der Waals surface area contributed by atoms with Gasteiger partial charge in [-0.3, -0.25) is 4.79 Å². The third-order valence-electron chi connectivity index (χ3n) is 4.78. The van der Waals surface area contributed by atoms with Gasteiger partial charge in [0.05, 0.1) is 25.3 Å². The van der Waals surface area contributed by atoms with Crippen molar-refractivity contribution in [2.75, 3.05) is 13.2 Å². The summed E-state index contributed by atoms with van der Waals surface area (Å²) in [5.41, 5.74) is 1.91. The van der Waals surface area contributed by atoms with E-state index in [0.29, 0.717) is 19.6 Å². The van der Waals surface area contributed by atoms with Crippen LogP contribution in [0.3, 0.4) is 0 Å². The molecule has 1 amide bonds. The summed E-state index contributed by atoms with van der Waals surface area (Å²) in [7, 11) is 0. The average Bonchev–Trinajstić information content (AvgIpc) is 2.74. The maximum atomic E-state index is 11.5. The van der Waals surface area contributed by atoms with Gasteiger partial charge in [0.1, 0.15) is 5.92 Å². The van der Waals surface area contributed by atoms with Crippen molar-refractivity contribution in [1.82, 2.24) is 5.32 Å². The SMILES string of the molecule is CCOC1(OCC)OC=N[C@H](c2ccccc2)[C@H]1[C@@H](NC=O)c1ccccc1. The van der Waals surface area contributed by atoms with Gasteiger partial charge in [0.15, 0.2) is 6.40 Å². The first-order valence-electron chi connectivity index (χ1n) is 9.52. The summed E-state index contributed by atoms with van der Waals surface area (Å²) in [6.45, 7) is 4.53. The normalized spacial score (nSPS) is 21.5. The van der Waals surface area contributed by atoms with Crippen LogP contribution in [0.2, 0.25) is 0 Å². The van der Waals surface area contributed by atoms with E-state index >= 15 is 0 Å². The fourth-order valence-corrected chi connectivity index (χ4v) is 3.71. The van der Waals surface area contributed by atoms with E-state index < -0.39 is 17.9 Å². The molecule has 1 aliphatic rings. The molecule has 0 saturated carbocycles. The number of ether oxygens (including phenoxy) is 3. The zero-order valence-electron chi connectivity index (χ0n) is 16.2. The number of benzene rings is 2. The van der Waals surface area contributed by atoms with Gasteiger partial charge in [-0.1, -0.05) is 60.7 Å². The van der Waals surface area contributed by atoms with Crippen LogP contribution in [0.15, 0.2) is 65.7 Å². The van der Waals surface area contributed by atoms with Crippen LogP contribution in [-0.4, -0.2) is 32.0 Å².